The summed E-state index contributed by atoms with van der Waals surface area (Å²) in [5.41, 5.74) is 1.44. The predicted molar refractivity (Wildman–Crippen MR) is 128 cm³/mol. The van der Waals surface area contributed by atoms with Gasteiger partial charge in [0.15, 0.2) is 5.16 Å². The molecular weight excluding hydrogens is 487 g/mol. The number of esters is 1. The number of amides is 1. The van der Waals surface area contributed by atoms with Crippen molar-refractivity contribution in [1.82, 2.24) is 15.0 Å². The number of nitrogens with zero attached hydrogens (tertiary/aromatic N) is 4. The van der Waals surface area contributed by atoms with E-state index in [9.17, 15) is 14.7 Å². The maximum absolute atomic E-state index is 13.2. The minimum Gasteiger partial charge on any atom is -0.469 e. The van der Waals surface area contributed by atoms with E-state index in [-0.39, 0.29) is 35.0 Å². The standard InChI is InChI=1S/C22H26Cl2N4O4S/c1-32-17(30)11-13-3-5-14(6-4-13)16-8-7-15(12-25-16)28(9-10-29)21(31)18-19(23)26-22(33-2)27-20(18)24/h7-8,12-14,29H,3-6,9-11H2,1-2H3. The van der Waals surface area contributed by atoms with Gasteiger partial charge in [0.25, 0.3) is 5.91 Å². The van der Waals surface area contributed by atoms with E-state index in [1.165, 1.54) is 23.8 Å². The summed E-state index contributed by atoms with van der Waals surface area (Å²) >= 11 is 13.7. The first kappa shape index (κ1) is 25.7. The Bertz CT molecular complexity index is 962. The van der Waals surface area contributed by atoms with E-state index in [1.54, 1.807) is 18.5 Å². The molecule has 11 heteroatoms. The number of carbonyl (C=O) groups excluding carboxylic acids is 2. The van der Waals surface area contributed by atoms with Gasteiger partial charge in [0.1, 0.15) is 15.9 Å². The van der Waals surface area contributed by atoms with Crippen LogP contribution in [0, 0.1) is 5.92 Å². The van der Waals surface area contributed by atoms with Gasteiger partial charge in [-0.05, 0) is 50.0 Å². The van der Waals surface area contributed by atoms with Crippen LogP contribution in [0.2, 0.25) is 10.3 Å². The van der Waals surface area contributed by atoms with Crippen LogP contribution in [0.5, 0.6) is 0 Å². The van der Waals surface area contributed by atoms with Crippen molar-refractivity contribution in [2.75, 3.05) is 31.4 Å². The van der Waals surface area contributed by atoms with Crippen molar-refractivity contribution >= 4 is 52.5 Å². The number of anilines is 1. The third-order valence-electron chi connectivity index (χ3n) is 5.80. The average molecular weight is 513 g/mol. The Morgan fingerprint density at radius 1 is 1.18 bits per heavy atom. The van der Waals surface area contributed by atoms with E-state index in [0.29, 0.717) is 29.1 Å². The van der Waals surface area contributed by atoms with Crippen LogP contribution in [0.15, 0.2) is 23.5 Å². The highest BCUT2D eigenvalue weighted by Crippen LogP contribution is 2.37. The van der Waals surface area contributed by atoms with Crippen LogP contribution in [0.1, 0.15) is 54.1 Å². The van der Waals surface area contributed by atoms with E-state index in [0.717, 1.165) is 31.4 Å². The van der Waals surface area contributed by atoms with E-state index < -0.39 is 5.91 Å². The summed E-state index contributed by atoms with van der Waals surface area (Å²) in [7, 11) is 1.42. The molecule has 2 heterocycles. The number of methoxy groups -OCH3 is 1. The van der Waals surface area contributed by atoms with Gasteiger partial charge in [0.2, 0.25) is 0 Å². The predicted octanol–water partition coefficient (Wildman–Crippen LogP) is 4.38. The largest absolute Gasteiger partial charge is 0.469 e. The van der Waals surface area contributed by atoms with E-state index in [4.69, 9.17) is 27.9 Å². The zero-order valence-electron chi connectivity index (χ0n) is 18.5. The third kappa shape index (κ3) is 6.35. The van der Waals surface area contributed by atoms with E-state index >= 15 is 0 Å². The van der Waals surface area contributed by atoms with Crippen LogP contribution in [0.25, 0.3) is 0 Å². The molecule has 1 saturated carbocycles. The maximum Gasteiger partial charge on any atom is 0.305 e. The molecule has 0 aromatic carbocycles. The highest BCUT2D eigenvalue weighted by Gasteiger charge is 2.27. The Balaban J connectivity index is 1.74. The normalized spacial score (nSPS) is 18.1. The Hall–Kier alpha value is -1.94. The van der Waals surface area contributed by atoms with Gasteiger partial charge < -0.3 is 14.7 Å². The molecule has 0 saturated heterocycles. The van der Waals surface area contributed by atoms with Crippen LogP contribution in [-0.4, -0.2) is 58.5 Å². The molecule has 8 nitrogen and oxygen atoms in total. The zero-order chi connectivity index (χ0) is 24.0. The lowest BCUT2D eigenvalue weighted by Gasteiger charge is -2.28. The highest BCUT2D eigenvalue weighted by molar-refractivity contribution is 7.98. The molecule has 0 unspecified atom stereocenters. The van der Waals surface area contributed by atoms with Crippen molar-refractivity contribution in [2.45, 2.75) is 43.2 Å². The van der Waals surface area contributed by atoms with Crippen molar-refractivity contribution < 1.29 is 19.4 Å². The number of thioether (sulfide) groups is 1. The molecule has 0 spiro atoms. The number of pyridine rings is 1. The number of hydrogen-bond donors (Lipinski definition) is 1. The molecule has 1 N–H and O–H groups in total. The molecule has 178 valence electrons. The van der Waals surface area contributed by atoms with Gasteiger partial charge in [-0.1, -0.05) is 35.0 Å². The first-order valence-electron chi connectivity index (χ1n) is 10.6. The minimum absolute atomic E-state index is 0.0161. The topological polar surface area (TPSA) is 106 Å². The second-order valence-electron chi connectivity index (χ2n) is 7.79. The summed E-state index contributed by atoms with van der Waals surface area (Å²) in [4.78, 5) is 38.8. The molecule has 1 aliphatic rings. The van der Waals surface area contributed by atoms with Gasteiger partial charge >= 0.3 is 5.97 Å². The Kier molecular flexibility index (Phi) is 9.31. The van der Waals surface area contributed by atoms with Crippen LogP contribution in [0.4, 0.5) is 5.69 Å². The fraction of sp³-hybridized carbons (Fsp3) is 0.500. The van der Waals surface area contributed by atoms with Gasteiger partial charge in [-0.2, -0.15) is 0 Å². The second-order valence-corrected chi connectivity index (χ2v) is 9.28. The average Bonchev–Trinajstić information content (AvgIpc) is 2.82. The first-order chi connectivity index (χ1) is 15.9. The molecule has 33 heavy (non-hydrogen) atoms. The Morgan fingerprint density at radius 3 is 2.36 bits per heavy atom. The molecule has 2 aromatic rings. The smallest absolute Gasteiger partial charge is 0.305 e. The molecule has 0 aliphatic heterocycles. The molecule has 0 bridgehead atoms. The molecule has 1 aliphatic carbocycles. The van der Waals surface area contributed by atoms with E-state index in [2.05, 4.69) is 15.0 Å². The van der Waals surface area contributed by atoms with Crippen LogP contribution < -0.4 is 4.90 Å². The van der Waals surface area contributed by atoms with Crippen LogP contribution >= 0.6 is 35.0 Å². The number of aromatic nitrogens is 3. The fourth-order valence-electron chi connectivity index (χ4n) is 4.02. The SMILES string of the molecule is COC(=O)CC1CCC(c2ccc(N(CCO)C(=O)c3c(Cl)nc(SC)nc3Cl)cn2)CC1. The van der Waals surface area contributed by atoms with Crippen molar-refractivity contribution in [3.63, 3.8) is 0 Å². The lowest BCUT2D eigenvalue weighted by molar-refractivity contribution is -0.142. The lowest BCUT2D eigenvalue weighted by Crippen LogP contribution is -2.34. The van der Waals surface area contributed by atoms with Gasteiger partial charge in [-0.15, -0.1) is 0 Å². The first-order valence-corrected chi connectivity index (χ1v) is 12.6. The monoisotopic (exact) mass is 512 g/mol. The number of ether oxygens (including phenoxy) is 1. The number of halogens is 2. The maximum atomic E-state index is 13.2. The second kappa shape index (κ2) is 12.0. The van der Waals surface area contributed by atoms with Crippen molar-refractivity contribution in [3.8, 4) is 0 Å². The molecule has 1 fully saturated rings. The van der Waals surface area contributed by atoms with Crippen molar-refractivity contribution in [3.05, 3.63) is 39.9 Å². The molecule has 0 radical (unpaired) electrons. The van der Waals surface area contributed by atoms with E-state index in [1.807, 2.05) is 6.07 Å². The van der Waals surface area contributed by atoms with Gasteiger partial charge in [-0.25, -0.2) is 9.97 Å². The summed E-state index contributed by atoms with van der Waals surface area (Å²) in [5, 5.41) is 9.81. The summed E-state index contributed by atoms with van der Waals surface area (Å²) in [5.74, 6) is -0.0287. The minimum atomic E-state index is -0.510. The lowest BCUT2D eigenvalue weighted by atomic mass is 9.79. The van der Waals surface area contributed by atoms with Gasteiger partial charge in [0, 0.05) is 24.6 Å². The van der Waals surface area contributed by atoms with Crippen molar-refractivity contribution in [2.24, 2.45) is 5.92 Å². The number of rotatable bonds is 8. The zero-order valence-corrected chi connectivity index (χ0v) is 20.8. The Morgan fingerprint density at radius 2 is 1.85 bits per heavy atom. The third-order valence-corrected chi connectivity index (χ3v) is 6.89. The van der Waals surface area contributed by atoms with Crippen molar-refractivity contribution in [1.29, 1.82) is 0 Å². The summed E-state index contributed by atoms with van der Waals surface area (Å²) < 4.78 is 4.77. The molecular formula is C22H26Cl2N4O4S. The van der Waals surface area contributed by atoms with Gasteiger partial charge in [0.05, 0.1) is 25.6 Å². The number of aliphatic hydroxyl groups excluding tert-OH is 1. The quantitative estimate of drug-likeness (QED) is 0.240. The number of carbonyl (C=O) groups is 2. The molecule has 2 aromatic heterocycles. The summed E-state index contributed by atoms with van der Waals surface area (Å²) in [6, 6.07) is 3.70. The molecule has 1 amide bonds. The summed E-state index contributed by atoms with van der Waals surface area (Å²) in [6.07, 6.45) is 7.63. The number of hydrogen-bond acceptors (Lipinski definition) is 8. The van der Waals surface area contributed by atoms with Gasteiger partial charge in [-0.3, -0.25) is 14.6 Å². The summed E-state index contributed by atoms with van der Waals surface area (Å²) in [6.45, 7) is -0.216. The molecule has 3 rings (SSSR count). The Labute approximate surface area is 207 Å². The fourth-order valence-corrected chi connectivity index (χ4v) is 5.04. The molecule has 0 atom stereocenters. The van der Waals surface area contributed by atoms with Crippen LogP contribution in [0.3, 0.4) is 0 Å². The highest BCUT2D eigenvalue weighted by atomic mass is 35.5. The van der Waals surface area contributed by atoms with Crippen LogP contribution in [-0.2, 0) is 9.53 Å². The number of aliphatic hydroxyl groups is 1.